The molecule has 1 aromatic carbocycles. The monoisotopic (exact) mass is 345 g/mol. The Kier molecular flexibility index (Phi) is 5.95. The van der Waals surface area contributed by atoms with E-state index in [1.54, 1.807) is 13.0 Å². The van der Waals surface area contributed by atoms with Crippen molar-refractivity contribution in [1.82, 2.24) is 14.9 Å². The van der Waals surface area contributed by atoms with E-state index in [2.05, 4.69) is 10.3 Å². The first-order valence-corrected chi connectivity index (χ1v) is 8.70. The highest BCUT2D eigenvalue weighted by Gasteiger charge is 2.27. The molecule has 2 atom stereocenters. The molecule has 0 spiro atoms. The van der Waals surface area contributed by atoms with Crippen LogP contribution in [0.1, 0.15) is 39.2 Å². The van der Waals surface area contributed by atoms with E-state index in [1.807, 2.05) is 32.9 Å². The van der Waals surface area contributed by atoms with Crippen molar-refractivity contribution in [2.24, 2.45) is 5.92 Å². The molecule has 0 radical (unpaired) electrons. The second-order valence-electron chi connectivity index (χ2n) is 6.91. The minimum absolute atomic E-state index is 0.0864. The van der Waals surface area contributed by atoms with Crippen LogP contribution in [0.4, 0.5) is 0 Å². The number of nitrogens with one attached hydrogen (secondary N) is 1. The van der Waals surface area contributed by atoms with Crippen LogP contribution in [0, 0.1) is 12.8 Å². The van der Waals surface area contributed by atoms with Gasteiger partial charge in [-0.3, -0.25) is 14.2 Å². The SMILES string of the molecule is CC[C@H](C)[C@@](C)(O)CNC(=O)CCn1cnc2c(C)cccc2c1=O. The van der Waals surface area contributed by atoms with Gasteiger partial charge < -0.3 is 10.4 Å². The number of aliphatic hydroxyl groups is 1. The van der Waals surface area contributed by atoms with E-state index in [0.717, 1.165) is 12.0 Å². The van der Waals surface area contributed by atoms with Crippen molar-refractivity contribution in [3.63, 3.8) is 0 Å². The van der Waals surface area contributed by atoms with Crippen LogP contribution in [-0.2, 0) is 11.3 Å². The number of hydrogen-bond donors (Lipinski definition) is 2. The first kappa shape index (κ1) is 19.1. The Hall–Kier alpha value is -2.21. The van der Waals surface area contributed by atoms with Crippen molar-refractivity contribution in [2.45, 2.75) is 52.7 Å². The molecule has 0 bridgehead atoms. The zero-order chi connectivity index (χ0) is 18.6. The smallest absolute Gasteiger partial charge is 0.261 e. The van der Waals surface area contributed by atoms with E-state index in [-0.39, 0.29) is 36.9 Å². The third-order valence-corrected chi connectivity index (χ3v) is 4.95. The van der Waals surface area contributed by atoms with Crippen molar-refractivity contribution in [3.8, 4) is 0 Å². The zero-order valence-corrected chi connectivity index (χ0v) is 15.4. The summed E-state index contributed by atoms with van der Waals surface area (Å²) in [5.41, 5.74) is 0.557. The van der Waals surface area contributed by atoms with Gasteiger partial charge in [-0.1, -0.05) is 32.4 Å². The van der Waals surface area contributed by atoms with E-state index in [1.165, 1.54) is 10.9 Å². The Morgan fingerprint density at radius 1 is 1.44 bits per heavy atom. The number of fused-ring (bicyclic) bond motifs is 1. The molecule has 0 aliphatic carbocycles. The van der Waals surface area contributed by atoms with Gasteiger partial charge in [0.15, 0.2) is 0 Å². The summed E-state index contributed by atoms with van der Waals surface area (Å²) in [5.74, 6) is -0.108. The maximum absolute atomic E-state index is 12.5. The standard InChI is InChI=1S/C19H27N3O3/c1-5-14(3)19(4,25)11-20-16(23)9-10-22-12-21-17-13(2)7-6-8-15(17)18(22)24/h6-8,12,14,25H,5,9-11H2,1-4H3,(H,20,23)/t14-,19-/m0/s1. The maximum Gasteiger partial charge on any atom is 0.261 e. The summed E-state index contributed by atoms with van der Waals surface area (Å²) in [6.07, 6.45) is 2.48. The predicted molar refractivity (Wildman–Crippen MR) is 98.4 cm³/mol. The van der Waals surface area contributed by atoms with E-state index < -0.39 is 5.60 Å². The molecular weight excluding hydrogens is 318 g/mol. The highest BCUT2D eigenvalue weighted by atomic mass is 16.3. The van der Waals surface area contributed by atoms with Gasteiger partial charge in [-0.05, 0) is 31.4 Å². The average Bonchev–Trinajstić information content (AvgIpc) is 2.59. The second-order valence-corrected chi connectivity index (χ2v) is 6.91. The number of hydrogen-bond acceptors (Lipinski definition) is 4. The molecule has 0 aliphatic rings. The fourth-order valence-corrected chi connectivity index (χ4v) is 2.70. The Morgan fingerprint density at radius 2 is 2.16 bits per heavy atom. The molecule has 6 nitrogen and oxygen atoms in total. The van der Waals surface area contributed by atoms with E-state index in [0.29, 0.717) is 10.9 Å². The van der Waals surface area contributed by atoms with Crippen LogP contribution < -0.4 is 10.9 Å². The van der Waals surface area contributed by atoms with Crippen LogP contribution in [0.25, 0.3) is 10.9 Å². The minimum Gasteiger partial charge on any atom is -0.388 e. The van der Waals surface area contributed by atoms with E-state index in [4.69, 9.17) is 0 Å². The van der Waals surface area contributed by atoms with Crippen LogP contribution >= 0.6 is 0 Å². The van der Waals surface area contributed by atoms with Gasteiger partial charge in [0.2, 0.25) is 5.91 Å². The Balaban J connectivity index is 2.00. The second kappa shape index (κ2) is 7.78. The number of aryl methyl sites for hydroxylation is 2. The summed E-state index contributed by atoms with van der Waals surface area (Å²) in [5, 5.41) is 13.6. The molecule has 6 heteroatoms. The molecular formula is C19H27N3O3. The lowest BCUT2D eigenvalue weighted by Gasteiger charge is -2.29. The minimum atomic E-state index is -0.941. The number of aromatic nitrogens is 2. The Labute approximate surface area is 147 Å². The normalized spacial score (nSPS) is 14.9. The number of para-hydroxylation sites is 1. The topological polar surface area (TPSA) is 84.2 Å². The number of nitrogens with zero attached hydrogens (tertiary/aromatic N) is 2. The van der Waals surface area contributed by atoms with Crippen molar-refractivity contribution in [2.75, 3.05) is 6.54 Å². The zero-order valence-electron chi connectivity index (χ0n) is 15.4. The molecule has 0 aliphatic heterocycles. The van der Waals surface area contributed by atoms with Gasteiger partial charge in [-0.2, -0.15) is 0 Å². The molecule has 136 valence electrons. The highest BCUT2D eigenvalue weighted by Crippen LogP contribution is 2.18. The molecule has 0 fully saturated rings. The Morgan fingerprint density at radius 3 is 2.84 bits per heavy atom. The lowest BCUT2D eigenvalue weighted by atomic mass is 9.88. The summed E-state index contributed by atoms with van der Waals surface area (Å²) in [6, 6.07) is 5.49. The van der Waals surface area contributed by atoms with Gasteiger partial charge in [0, 0.05) is 19.5 Å². The van der Waals surface area contributed by atoms with Crippen molar-refractivity contribution in [1.29, 1.82) is 0 Å². The summed E-state index contributed by atoms with van der Waals surface area (Å²) >= 11 is 0. The van der Waals surface area contributed by atoms with E-state index in [9.17, 15) is 14.7 Å². The molecule has 2 N–H and O–H groups in total. The molecule has 0 saturated carbocycles. The fourth-order valence-electron chi connectivity index (χ4n) is 2.70. The molecule has 0 unspecified atom stereocenters. The molecule has 1 heterocycles. The largest absolute Gasteiger partial charge is 0.388 e. The van der Waals surface area contributed by atoms with Crippen LogP contribution in [-0.4, -0.2) is 32.7 Å². The highest BCUT2D eigenvalue weighted by molar-refractivity contribution is 5.80. The average molecular weight is 345 g/mol. The van der Waals surface area contributed by atoms with Crippen molar-refractivity contribution >= 4 is 16.8 Å². The quantitative estimate of drug-likeness (QED) is 0.804. The summed E-state index contributed by atoms with van der Waals surface area (Å²) in [6.45, 7) is 8.05. The molecule has 1 amide bonds. The number of carbonyl (C=O) groups is 1. The van der Waals surface area contributed by atoms with E-state index >= 15 is 0 Å². The summed E-state index contributed by atoms with van der Waals surface area (Å²) < 4.78 is 1.45. The maximum atomic E-state index is 12.5. The van der Waals surface area contributed by atoms with Crippen LogP contribution in [0.15, 0.2) is 29.3 Å². The fraction of sp³-hybridized carbons (Fsp3) is 0.526. The summed E-state index contributed by atoms with van der Waals surface area (Å²) in [4.78, 5) is 28.9. The van der Waals surface area contributed by atoms with Gasteiger partial charge in [0.1, 0.15) is 0 Å². The number of rotatable bonds is 7. The number of carbonyl (C=O) groups excluding carboxylic acids is 1. The van der Waals surface area contributed by atoms with Gasteiger partial charge >= 0.3 is 0 Å². The third kappa shape index (κ3) is 4.45. The van der Waals surface area contributed by atoms with Crippen LogP contribution in [0.3, 0.4) is 0 Å². The first-order chi connectivity index (χ1) is 11.8. The lowest BCUT2D eigenvalue weighted by Crippen LogP contribution is -2.45. The molecule has 1 aromatic heterocycles. The van der Waals surface area contributed by atoms with Crippen LogP contribution in [0.5, 0.6) is 0 Å². The number of amides is 1. The number of benzene rings is 1. The van der Waals surface area contributed by atoms with Crippen molar-refractivity contribution < 1.29 is 9.90 Å². The van der Waals surface area contributed by atoms with Crippen LogP contribution in [0.2, 0.25) is 0 Å². The lowest BCUT2D eigenvalue weighted by molar-refractivity contribution is -0.123. The Bertz CT molecular complexity index is 811. The third-order valence-electron chi connectivity index (χ3n) is 4.95. The van der Waals surface area contributed by atoms with Gasteiger partial charge in [0.25, 0.3) is 5.56 Å². The van der Waals surface area contributed by atoms with Gasteiger partial charge in [0.05, 0.1) is 22.8 Å². The molecule has 0 saturated heterocycles. The van der Waals surface area contributed by atoms with Crippen molar-refractivity contribution in [3.05, 3.63) is 40.4 Å². The molecule has 25 heavy (non-hydrogen) atoms. The predicted octanol–water partition coefficient (Wildman–Crippen LogP) is 2.01. The first-order valence-electron chi connectivity index (χ1n) is 8.70. The van der Waals surface area contributed by atoms with Gasteiger partial charge in [-0.15, -0.1) is 0 Å². The molecule has 2 aromatic rings. The van der Waals surface area contributed by atoms with Gasteiger partial charge in [-0.25, -0.2) is 4.98 Å². The summed E-state index contributed by atoms with van der Waals surface area (Å²) in [7, 11) is 0. The molecule has 2 rings (SSSR count).